The van der Waals surface area contributed by atoms with Gasteiger partial charge in [-0.2, -0.15) is 0 Å². The van der Waals surface area contributed by atoms with E-state index in [1.165, 1.54) is 0 Å². The van der Waals surface area contributed by atoms with Crippen molar-refractivity contribution in [1.29, 1.82) is 0 Å². The van der Waals surface area contributed by atoms with Gasteiger partial charge in [0.05, 0.1) is 18.3 Å². The van der Waals surface area contributed by atoms with E-state index >= 15 is 0 Å². The first-order valence-corrected chi connectivity index (χ1v) is 8.95. The number of nitrogens with zero attached hydrogens (tertiary/aromatic N) is 1. The highest BCUT2D eigenvalue weighted by molar-refractivity contribution is 5.88. The van der Waals surface area contributed by atoms with Gasteiger partial charge in [0.1, 0.15) is 0 Å². The molecule has 1 spiro atoms. The molecule has 2 rings (SSSR count). The summed E-state index contributed by atoms with van der Waals surface area (Å²) in [6.07, 6.45) is 2.11. The van der Waals surface area contributed by atoms with Gasteiger partial charge in [-0.15, -0.1) is 0 Å². The van der Waals surface area contributed by atoms with E-state index in [0.29, 0.717) is 19.4 Å². The highest BCUT2D eigenvalue weighted by Crippen LogP contribution is 2.46. The molecule has 0 amide bonds. The Morgan fingerprint density at radius 1 is 1.30 bits per heavy atom. The van der Waals surface area contributed by atoms with E-state index in [-0.39, 0.29) is 23.7 Å². The van der Waals surface area contributed by atoms with Crippen molar-refractivity contribution in [3.63, 3.8) is 0 Å². The molecule has 0 aromatic rings. The van der Waals surface area contributed by atoms with Crippen LogP contribution in [0.4, 0.5) is 0 Å². The van der Waals surface area contributed by atoms with Crippen molar-refractivity contribution in [3.05, 3.63) is 0 Å². The molecule has 23 heavy (non-hydrogen) atoms. The molecule has 0 aromatic carbocycles. The van der Waals surface area contributed by atoms with E-state index < -0.39 is 11.4 Å². The van der Waals surface area contributed by atoms with Crippen molar-refractivity contribution in [3.8, 4) is 0 Å². The molecule has 1 saturated carbocycles. The number of ketones is 1. The summed E-state index contributed by atoms with van der Waals surface area (Å²) in [6, 6.07) is 0. The van der Waals surface area contributed by atoms with E-state index in [1.54, 1.807) is 0 Å². The summed E-state index contributed by atoms with van der Waals surface area (Å²) in [4.78, 5) is 15.0. The van der Waals surface area contributed by atoms with Crippen LogP contribution in [0.5, 0.6) is 0 Å². The third-order valence-electron chi connectivity index (χ3n) is 5.45. The summed E-state index contributed by atoms with van der Waals surface area (Å²) >= 11 is 0. The zero-order valence-electron chi connectivity index (χ0n) is 15.4. The molecule has 0 bridgehead atoms. The summed E-state index contributed by atoms with van der Waals surface area (Å²) in [6.45, 7) is 13.5. The highest BCUT2D eigenvalue weighted by Gasteiger charge is 2.57. The van der Waals surface area contributed by atoms with Crippen LogP contribution in [0, 0.1) is 5.41 Å². The van der Waals surface area contributed by atoms with Crippen LogP contribution in [0.25, 0.3) is 0 Å². The smallest absolute Gasteiger partial charge is 0.229 e. The maximum atomic E-state index is 12.7. The maximum absolute atomic E-state index is 12.7. The van der Waals surface area contributed by atoms with Gasteiger partial charge in [0.15, 0.2) is 5.78 Å². The zero-order valence-corrected chi connectivity index (χ0v) is 15.4. The van der Waals surface area contributed by atoms with E-state index in [9.17, 15) is 9.90 Å². The molecule has 3 unspecified atom stereocenters. The Bertz CT molecular complexity index is 433. The Kier molecular flexibility index (Phi) is 5.56. The second kappa shape index (κ2) is 6.79. The number of likely N-dealkylation sites (N-methyl/N-ethyl adjacent to an activating group) is 1. The van der Waals surface area contributed by atoms with Crippen molar-refractivity contribution in [2.45, 2.75) is 77.8 Å². The second-order valence-electron chi connectivity index (χ2n) is 8.08. The first-order chi connectivity index (χ1) is 10.7. The molecule has 0 radical (unpaired) electrons. The van der Waals surface area contributed by atoms with Crippen molar-refractivity contribution in [2.75, 3.05) is 26.2 Å². The number of carbonyl (C=O) groups is 1. The van der Waals surface area contributed by atoms with Crippen molar-refractivity contribution in [1.82, 2.24) is 4.90 Å². The first-order valence-electron chi connectivity index (χ1n) is 8.95. The van der Waals surface area contributed by atoms with Crippen LogP contribution in [-0.2, 0) is 14.3 Å². The van der Waals surface area contributed by atoms with Crippen LogP contribution >= 0.6 is 0 Å². The summed E-state index contributed by atoms with van der Waals surface area (Å²) in [7, 11) is 0. The number of ether oxygens (including phenoxy) is 2. The molecule has 1 aliphatic carbocycles. The normalized spacial score (nSPS) is 35.4. The van der Waals surface area contributed by atoms with E-state index in [2.05, 4.69) is 18.7 Å². The fourth-order valence-electron chi connectivity index (χ4n) is 3.55. The first kappa shape index (κ1) is 18.8. The fourth-order valence-corrected chi connectivity index (χ4v) is 3.55. The van der Waals surface area contributed by atoms with Crippen LogP contribution in [0.15, 0.2) is 0 Å². The SMILES string of the molecule is CCCN(CC)CC1COC2(CCC(O)(C(C)(C)C)CC2=O)O1. The predicted molar refractivity (Wildman–Crippen MR) is 89.2 cm³/mol. The fraction of sp³-hybridized carbons (Fsp3) is 0.944. The minimum Gasteiger partial charge on any atom is -0.389 e. The molecule has 5 heteroatoms. The Hall–Kier alpha value is -0.490. The lowest BCUT2D eigenvalue weighted by atomic mass is 9.66. The summed E-state index contributed by atoms with van der Waals surface area (Å²) in [5.74, 6) is -1.23. The molecule has 2 aliphatic rings. The lowest BCUT2D eigenvalue weighted by Gasteiger charge is -2.46. The number of aliphatic hydroxyl groups is 1. The molecule has 1 N–H and O–H groups in total. The van der Waals surface area contributed by atoms with Crippen LogP contribution in [0.1, 0.15) is 60.3 Å². The summed E-state index contributed by atoms with van der Waals surface area (Å²) in [5.41, 5.74) is -1.31. The molecule has 1 saturated heterocycles. The number of carbonyl (C=O) groups excluding carboxylic acids is 1. The average molecular weight is 327 g/mol. The van der Waals surface area contributed by atoms with Gasteiger partial charge in [0.2, 0.25) is 5.79 Å². The van der Waals surface area contributed by atoms with Gasteiger partial charge in [0.25, 0.3) is 0 Å². The Balaban J connectivity index is 1.99. The predicted octanol–water partition coefficient (Wildman–Crippen LogP) is 2.36. The van der Waals surface area contributed by atoms with E-state index in [1.807, 2.05) is 20.8 Å². The topological polar surface area (TPSA) is 59.0 Å². The average Bonchev–Trinajstić information content (AvgIpc) is 2.86. The number of hydrogen-bond acceptors (Lipinski definition) is 5. The maximum Gasteiger partial charge on any atom is 0.229 e. The highest BCUT2D eigenvalue weighted by atomic mass is 16.7. The molecule has 1 aliphatic heterocycles. The Morgan fingerprint density at radius 3 is 2.52 bits per heavy atom. The lowest BCUT2D eigenvalue weighted by molar-refractivity contribution is -0.215. The largest absolute Gasteiger partial charge is 0.389 e. The van der Waals surface area contributed by atoms with Gasteiger partial charge in [0, 0.05) is 19.4 Å². The minimum atomic E-state index is -1.12. The molecule has 0 aromatic heterocycles. The monoisotopic (exact) mass is 327 g/mol. The van der Waals surface area contributed by atoms with Crippen molar-refractivity contribution in [2.24, 2.45) is 5.41 Å². The molecule has 2 fully saturated rings. The van der Waals surface area contributed by atoms with Crippen LogP contribution in [-0.4, -0.2) is 59.5 Å². The van der Waals surface area contributed by atoms with Gasteiger partial charge in [-0.1, -0.05) is 34.6 Å². The van der Waals surface area contributed by atoms with Crippen LogP contribution < -0.4 is 0 Å². The Morgan fingerprint density at radius 2 is 2.00 bits per heavy atom. The zero-order chi connectivity index (χ0) is 17.3. The summed E-state index contributed by atoms with van der Waals surface area (Å²) in [5, 5.41) is 10.8. The Labute approximate surface area is 140 Å². The second-order valence-corrected chi connectivity index (χ2v) is 8.08. The third-order valence-corrected chi connectivity index (χ3v) is 5.45. The van der Waals surface area contributed by atoms with Crippen LogP contribution in [0.3, 0.4) is 0 Å². The van der Waals surface area contributed by atoms with Gasteiger partial charge in [-0.05, 0) is 31.3 Å². The van der Waals surface area contributed by atoms with Crippen molar-refractivity contribution >= 4 is 5.78 Å². The molecular weight excluding hydrogens is 294 g/mol. The van der Waals surface area contributed by atoms with Gasteiger partial charge >= 0.3 is 0 Å². The van der Waals surface area contributed by atoms with Crippen molar-refractivity contribution < 1.29 is 19.4 Å². The third kappa shape index (κ3) is 3.78. The van der Waals surface area contributed by atoms with E-state index in [0.717, 1.165) is 26.1 Å². The van der Waals surface area contributed by atoms with Gasteiger partial charge in [-0.25, -0.2) is 0 Å². The lowest BCUT2D eigenvalue weighted by Crippen LogP contribution is -2.56. The molecular formula is C18H33NO4. The molecule has 1 heterocycles. The quantitative estimate of drug-likeness (QED) is 0.840. The molecule has 3 atom stereocenters. The van der Waals surface area contributed by atoms with Gasteiger partial charge in [-0.3, -0.25) is 4.79 Å². The number of rotatable bonds is 5. The standard InChI is InChI=1S/C18H33NO4/c1-6-10-19(7-2)12-14-13-22-18(23-14)9-8-17(21,11-15(18)20)16(3,4)5/h14,21H,6-13H2,1-5H3. The van der Waals surface area contributed by atoms with E-state index in [4.69, 9.17) is 9.47 Å². The number of Topliss-reactive ketones (excluding diaryl/α,β-unsaturated/α-hetero) is 1. The molecule has 134 valence electrons. The number of hydrogen-bond donors (Lipinski definition) is 1. The molecule has 5 nitrogen and oxygen atoms in total. The summed E-state index contributed by atoms with van der Waals surface area (Å²) < 4.78 is 11.9. The minimum absolute atomic E-state index is 0.0636. The van der Waals surface area contributed by atoms with Gasteiger partial charge < -0.3 is 19.5 Å². The van der Waals surface area contributed by atoms with Crippen LogP contribution in [0.2, 0.25) is 0 Å².